The lowest BCUT2D eigenvalue weighted by atomic mass is 10.1. The lowest BCUT2D eigenvalue weighted by molar-refractivity contribution is 0.196. The van der Waals surface area contributed by atoms with Crippen LogP contribution in [0.1, 0.15) is 44.2 Å². The van der Waals surface area contributed by atoms with E-state index >= 15 is 0 Å². The third kappa shape index (κ3) is 3.87. The first-order valence-electron chi connectivity index (χ1n) is 6.98. The number of carbonyl (C=O) groups excluding carboxylic acids is 1. The topological polar surface area (TPSA) is 32.3 Å². The molecule has 1 saturated heterocycles. The lowest BCUT2D eigenvalue weighted by Crippen LogP contribution is -2.41. The fourth-order valence-corrected chi connectivity index (χ4v) is 2.75. The van der Waals surface area contributed by atoms with Gasteiger partial charge in [-0.1, -0.05) is 42.6 Å². The Morgan fingerprint density at radius 1 is 1.21 bits per heavy atom. The number of hydrogen-bond acceptors (Lipinski definition) is 1. The Hall–Kier alpha value is -1.22. The number of halogens is 1. The van der Waals surface area contributed by atoms with Crippen LogP contribution in [0.25, 0.3) is 0 Å². The summed E-state index contributed by atoms with van der Waals surface area (Å²) in [4.78, 5) is 14.1. The van der Waals surface area contributed by atoms with Gasteiger partial charge in [-0.15, -0.1) is 0 Å². The highest BCUT2D eigenvalue weighted by Crippen LogP contribution is 2.22. The summed E-state index contributed by atoms with van der Waals surface area (Å²) in [6, 6.07) is 7.60. The van der Waals surface area contributed by atoms with E-state index in [1.807, 2.05) is 36.1 Å². The van der Waals surface area contributed by atoms with Gasteiger partial charge in [-0.3, -0.25) is 0 Å². The zero-order chi connectivity index (χ0) is 13.7. The lowest BCUT2D eigenvalue weighted by Gasteiger charge is -2.24. The average Bonchev–Trinajstić information content (AvgIpc) is 2.68. The predicted molar refractivity (Wildman–Crippen MR) is 78.4 cm³/mol. The Morgan fingerprint density at radius 3 is 2.47 bits per heavy atom. The molecular weight excluding hydrogens is 260 g/mol. The average molecular weight is 281 g/mol. The van der Waals surface area contributed by atoms with Gasteiger partial charge < -0.3 is 10.2 Å². The molecule has 1 N–H and O–H groups in total. The molecule has 0 spiro atoms. The van der Waals surface area contributed by atoms with Crippen LogP contribution in [0.15, 0.2) is 24.3 Å². The summed E-state index contributed by atoms with van der Waals surface area (Å²) >= 11 is 6.15. The number of hydrogen-bond donors (Lipinski definition) is 1. The zero-order valence-corrected chi connectivity index (χ0v) is 12.1. The first-order valence-corrected chi connectivity index (χ1v) is 7.36. The monoisotopic (exact) mass is 280 g/mol. The van der Waals surface area contributed by atoms with Gasteiger partial charge in [0.15, 0.2) is 0 Å². The van der Waals surface area contributed by atoms with Crippen LogP contribution in [-0.4, -0.2) is 24.0 Å². The summed E-state index contributed by atoms with van der Waals surface area (Å²) in [6.45, 7) is 3.69. The van der Waals surface area contributed by atoms with Crippen LogP contribution in [-0.2, 0) is 0 Å². The molecule has 1 heterocycles. The first-order chi connectivity index (χ1) is 9.18. The van der Waals surface area contributed by atoms with Gasteiger partial charge in [0.1, 0.15) is 0 Å². The summed E-state index contributed by atoms with van der Waals surface area (Å²) in [6.07, 6.45) is 4.66. The number of benzene rings is 1. The van der Waals surface area contributed by atoms with Crippen LogP contribution < -0.4 is 5.32 Å². The smallest absolute Gasteiger partial charge is 0.317 e. The van der Waals surface area contributed by atoms with E-state index < -0.39 is 0 Å². The molecule has 1 unspecified atom stereocenters. The van der Waals surface area contributed by atoms with Crippen LogP contribution >= 0.6 is 11.6 Å². The number of likely N-dealkylation sites (tertiary alicyclic amines) is 1. The van der Waals surface area contributed by atoms with Crippen LogP contribution in [0, 0.1) is 0 Å². The number of rotatable bonds is 2. The van der Waals surface area contributed by atoms with Crippen molar-refractivity contribution < 1.29 is 4.79 Å². The van der Waals surface area contributed by atoms with Gasteiger partial charge in [-0.25, -0.2) is 4.79 Å². The number of amides is 2. The van der Waals surface area contributed by atoms with Gasteiger partial charge in [0, 0.05) is 18.1 Å². The minimum Gasteiger partial charge on any atom is -0.331 e. The highest BCUT2D eigenvalue weighted by Gasteiger charge is 2.18. The van der Waals surface area contributed by atoms with E-state index in [1.54, 1.807) is 0 Å². The Balaban J connectivity index is 1.96. The van der Waals surface area contributed by atoms with Crippen molar-refractivity contribution in [1.82, 2.24) is 10.2 Å². The van der Waals surface area contributed by atoms with Crippen molar-refractivity contribution in [3.05, 3.63) is 34.9 Å². The van der Waals surface area contributed by atoms with Crippen molar-refractivity contribution in [2.45, 2.75) is 38.6 Å². The molecule has 104 valence electrons. The third-order valence-corrected chi connectivity index (χ3v) is 3.95. The number of nitrogens with one attached hydrogen (secondary N) is 1. The highest BCUT2D eigenvalue weighted by atomic mass is 35.5. The Morgan fingerprint density at radius 2 is 1.84 bits per heavy atom. The van der Waals surface area contributed by atoms with Gasteiger partial charge >= 0.3 is 6.03 Å². The molecule has 0 bridgehead atoms. The van der Waals surface area contributed by atoms with Crippen molar-refractivity contribution in [3.63, 3.8) is 0 Å². The molecule has 0 radical (unpaired) electrons. The third-order valence-electron chi connectivity index (χ3n) is 3.60. The predicted octanol–water partition coefficient (Wildman–Crippen LogP) is 3.99. The fourth-order valence-electron chi connectivity index (χ4n) is 2.45. The molecule has 3 nitrogen and oxygen atoms in total. The van der Waals surface area contributed by atoms with E-state index in [2.05, 4.69) is 5.32 Å². The van der Waals surface area contributed by atoms with Crippen LogP contribution in [0.4, 0.5) is 4.79 Å². The first kappa shape index (κ1) is 14.2. The van der Waals surface area contributed by atoms with Crippen molar-refractivity contribution in [2.75, 3.05) is 13.1 Å². The van der Waals surface area contributed by atoms with E-state index in [0.29, 0.717) is 5.02 Å². The quantitative estimate of drug-likeness (QED) is 0.873. The van der Waals surface area contributed by atoms with Crippen LogP contribution in [0.5, 0.6) is 0 Å². The summed E-state index contributed by atoms with van der Waals surface area (Å²) in [7, 11) is 0. The van der Waals surface area contributed by atoms with Crippen LogP contribution in [0.2, 0.25) is 5.02 Å². The normalized spacial score (nSPS) is 17.7. The molecule has 4 heteroatoms. The second kappa shape index (κ2) is 6.80. The number of carbonyl (C=O) groups is 1. The molecule has 2 rings (SSSR count). The van der Waals surface area contributed by atoms with Gasteiger partial charge in [-0.2, -0.15) is 0 Å². The molecule has 0 aliphatic carbocycles. The highest BCUT2D eigenvalue weighted by molar-refractivity contribution is 6.31. The van der Waals surface area contributed by atoms with Crippen molar-refractivity contribution in [2.24, 2.45) is 0 Å². The van der Waals surface area contributed by atoms with Crippen molar-refractivity contribution in [1.29, 1.82) is 0 Å². The van der Waals surface area contributed by atoms with Gasteiger partial charge in [0.05, 0.1) is 6.04 Å². The summed E-state index contributed by atoms with van der Waals surface area (Å²) in [5.41, 5.74) is 0.965. The summed E-state index contributed by atoms with van der Waals surface area (Å²) in [5, 5.41) is 3.74. The molecule has 1 atom stereocenters. The molecule has 1 aliphatic heterocycles. The van der Waals surface area contributed by atoms with E-state index in [4.69, 9.17) is 11.6 Å². The second-order valence-corrected chi connectivity index (χ2v) is 5.50. The standard InChI is InChI=1S/C15H21ClN2O/c1-12(13-8-4-5-9-14(13)16)17-15(19)18-10-6-2-3-7-11-18/h4-5,8-9,12H,2-3,6-7,10-11H2,1H3,(H,17,19). The van der Waals surface area contributed by atoms with E-state index in [-0.39, 0.29) is 12.1 Å². The van der Waals surface area contributed by atoms with E-state index in [9.17, 15) is 4.79 Å². The Labute approximate surface area is 119 Å². The second-order valence-electron chi connectivity index (χ2n) is 5.09. The van der Waals surface area contributed by atoms with Gasteiger partial charge in [-0.05, 0) is 31.4 Å². The summed E-state index contributed by atoms with van der Waals surface area (Å²) in [5.74, 6) is 0. The molecule has 19 heavy (non-hydrogen) atoms. The molecule has 2 amide bonds. The Kier molecular flexibility index (Phi) is 5.08. The number of nitrogens with zero attached hydrogens (tertiary/aromatic N) is 1. The minimum absolute atomic E-state index is 0.0225. The molecule has 0 aromatic heterocycles. The molecule has 1 aromatic rings. The largest absolute Gasteiger partial charge is 0.331 e. The maximum atomic E-state index is 12.2. The van der Waals surface area contributed by atoms with Gasteiger partial charge in [0.25, 0.3) is 0 Å². The molecular formula is C15H21ClN2O. The van der Waals surface area contributed by atoms with Gasteiger partial charge in [0.2, 0.25) is 0 Å². The molecule has 1 aromatic carbocycles. The molecule has 1 fully saturated rings. The molecule has 0 saturated carbocycles. The maximum Gasteiger partial charge on any atom is 0.317 e. The summed E-state index contributed by atoms with van der Waals surface area (Å²) < 4.78 is 0. The van der Waals surface area contributed by atoms with Crippen LogP contribution in [0.3, 0.4) is 0 Å². The molecule has 1 aliphatic rings. The Bertz CT molecular complexity index is 428. The van der Waals surface area contributed by atoms with Crippen molar-refractivity contribution >= 4 is 17.6 Å². The maximum absolute atomic E-state index is 12.2. The number of urea groups is 1. The van der Waals surface area contributed by atoms with E-state index in [1.165, 1.54) is 12.8 Å². The fraction of sp³-hybridized carbons (Fsp3) is 0.533. The minimum atomic E-state index is -0.0653. The zero-order valence-electron chi connectivity index (χ0n) is 11.4. The SMILES string of the molecule is CC(NC(=O)N1CCCCCC1)c1ccccc1Cl. The van der Waals surface area contributed by atoms with E-state index in [0.717, 1.165) is 31.5 Å². The van der Waals surface area contributed by atoms with Crippen molar-refractivity contribution in [3.8, 4) is 0 Å².